The van der Waals surface area contributed by atoms with Gasteiger partial charge in [-0.3, -0.25) is 14.4 Å². The zero-order valence-electron chi connectivity index (χ0n) is 17.5. The van der Waals surface area contributed by atoms with E-state index in [1.54, 1.807) is 24.3 Å². The van der Waals surface area contributed by atoms with E-state index in [2.05, 4.69) is 15.7 Å². The molecule has 31 heavy (non-hydrogen) atoms. The Morgan fingerprint density at radius 3 is 2.23 bits per heavy atom. The van der Waals surface area contributed by atoms with Crippen LogP contribution < -0.4 is 16.2 Å². The van der Waals surface area contributed by atoms with Crippen molar-refractivity contribution in [3.8, 4) is 5.69 Å². The molecule has 0 saturated carbocycles. The van der Waals surface area contributed by atoms with Crippen LogP contribution in [0, 0.1) is 5.82 Å². The molecular weight excluding hydrogens is 399 g/mol. The highest BCUT2D eigenvalue weighted by Gasteiger charge is 2.19. The second-order valence-corrected chi connectivity index (χ2v) is 7.67. The Morgan fingerprint density at radius 2 is 1.61 bits per heavy atom. The summed E-state index contributed by atoms with van der Waals surface area (Å²) in [5.74, 6) is -1.17. The fraction of sp³-hybridized carbons (Fsp3) is 0.217. The molecule has 0 unspecified atom stereocenters. The summed E-state index contributed by atoms with van der Waals surface area (Å²) in [6.45, 7) is 5.88. The van der Waals surface area contributed by atoms with Crippen LogP contribution in [-0.4, -0.2) is 27.1 Å². The lowest BCUT2D eigenvalue weighted by Gasteiger charge is -2.24. The van der Waals surface area contributed by atoms with E-state index in [4.69, 9.17) is 0 Å². The molecule has 0 aliphatic carbocycles. The van der Waals surface area contributed by atoms with E-state index in [1.807, 2.05) is 20.8 Å². The Bertz CT molecular complexity index is 1150. The van der Waals surface area contributed by atoms with Crippen LogP contribution >= 0.6 is 0 Å². The molecule has 0 fully saturated rings. The van der Waals surface area contributed by atoms with Gasteiger partial charge in [0.1, 0.15) is 11.5 Å². The van der Waals surface area contributed by atoms with E-state index >= 15 is 0 Å². The largest absolute Gasteiger partial charge is 0.347 e. The quantitative estimate of drug-likeness (QED) is 0.635. The van der Waals surface area contributed by atoms with Crippen LogP contribution in [0.15, 0.2) is 65.5 Å². The zero-order valence-corrected chi connectivity index (χ0v) is 17.5. The number of carbonyl (C=O) groups is 2. The van der Waals surface area contributed by atoms with Crippen LogP contribution in [0.1, 0.15) is 48.0 Å². The summed E-state index contributed by atoms with van der Waals surface area (Å²) in [4.78, 5) is 37.0. The van der Waals surface area contributed by atoms with Crippen molar-refractivity contribution in [1.82, 2.24) is 15.1 Å². The van der Waals surface area contributed by atoms with Gasteiger partial charge >= 0.3 is 0 Å². The third-order valence-electron chi connectivity index (χ3n) is 4.84. The van der Waals surface area contributed by atoms with Crippen molar-refractivity contribution in [3.05, 3.63) is 88.1 Å². The topological polar surface area (TPSA) is 93.1 Å². The molecular formula is C23H23FN4O3. The zero-order chi connectivity index (χ0) is 22.6. The predicted octanol–water partition coefficient (Wildman–Crippen LogP) is 3.54. The molecule has 3 aromatic rings. The molecule has 0 radical (unpaired) electrons. The highest BCUT2D eigenvalue weighted by Crippen LogP contribution is 2.14. The van der Waals surface area contributed by atoms with E-state index in [1.165, 1.54) is 36.4 Å². The average Bonchev–Trinajstić information content (AvgIpc) is 2.75. The lowest BCUT2D eigenvalue weighted by atomic mass is 10.0. The highest BCUT2D eigenvalue weighted by molar-refractivity contribution is 6.03. The van der Waals surface area contributed by atoms with E-state index in [9.17, 15) is 18.8 Å². The maximum absolute atomic E-state index is 13.1. The van der Waals surface area contributed by atoms with Crippen LogP contribution in [0.25, 0.3) is 5.69 Å². The van der Waals surface area contributed by atoms with E-state index in [-0.39, 0.29) is 17.1 Å². The lowest BCUT2D eigenvalue weighted by molar-refractivity contribution is 0.0910. The first-order valence-electron chi connectivity index (χ1n) is 9.79. The second kappa shape index (κ2) is 8.91. The molecule has 2 aromatic carbocycles. The van der Waals surface area contributed by atoms with Gasteiger partial charge in [0.15, 0.2) is 0 Å². The molecule has 0 saturated heterocycles. The number of nitrogens with one attached hydrogen (secondary N) is 2. The summed E-state index contributed by atoms with van der Waals surface area (Å²) in [6, 6.07) is 14.2. The Morgan fingerprint density at radius 1 is 0.968 bits per heavy atom. The minimum Gasteiger partial charge on any atom is -0.347 e. The maximum atomic E-state index is 13.1. The molecule has 0 bridgehead atoms. The van der Waals surface area contributed by atoms with Crippen molar-refractivity contribution in [3.63, 3.8) is 0 Å². The molecule has 0 spiro atoms. The maximum Gasteiger partial charge on any atom is 0.276 e. The molecule has 0 aliphatic heterocycles. The van der Waals surface area contributed by atoms with Gasteiger partial charge in [-0.05, 0) is 74.9 Å². The van der Waals surface area contributed by atoms with Crippen molar-refractivity contribution in [1.29, 1.82) is 0 Å². The summed E-state index contributed by atoms with van der Waals surface area (Å²) in [5, 5.41) is 9.70. The van der Waals surface area contributed by atoms with Crippen molar-refractivity contribution in [2.24, 2.45) is 0 Å². The van der Waals surface area contributed by atoms with Crippen LogP contribution in [0.3, 0.4) is 0 Å². The standard InChI is InChI=1S/C23H23FN4O3/c1-4-23(2,3)26-21(30)15-5-9-17(10-6-15)25-22(31)19-13-14-20(29)28(27-19)18-11-7-16(24)8-12-18/h5-14H,4H2,1-3H3,(H,25,31)(H,26,30). The Balaban J connectivity index is 1.74. The van der Waals surface area contributed by atoms with E-state index in [0.29, 0.717) is 16.9 Å². The molecule has 7 nitrogen and oxygen atoms in total. The molecule has 3 rings (SSSR count). The van der Waals surface area contributed by atoms with Gasteiger partial charge in [-0.15, -0.1) is 0 Å². The smallest absolute Gasteiger partial charge is 0.276 e. The Labute approximate surface area is 178 Å². The number of aromatic nitrogens is 2. The average molecular weight is 422 g/mol. The second-order valence-electron chi connectivity index (χ2n) is 7.67. The van der Waals surface area contributed by atoms with Crippen molar-refractivity contribution >= 4 is 17.5 Å². The van der Waals surface area contributed by atoms with Crippen molar-refractivity contribution in [2.75, 3.05) is 5.32 Å². The summed E-state index contributed by atoms with van der Waals surface area (Å²) in [5.41, 5.74) is 0.527. The van der Waals surface area contributed by atoms with Crippen LogP contribution in [0.5, 0.6) is 0 Å². The third kappa shape index (κ3) is 5.42. The number of rotatable bonds is 6. The first-order valence-corrected chi connectivity index (χ1v) is 9.79. The molecule has 0 atom stereocenters. The van der Waals surface area contributed by atoms with Gasteiger partial charge in [0.25, 0.3) is 17.4 Å². The summed E-state index contributed by atoms with van der Waals surface area (Å²) < 4.78 is 14.2. The minimum atomic E-state index is -0.528. The summed E-state index contributed by atoms with van der Waals surface area (Å²) >= 11 is 0. The molecule has 2 amide bonds. The molecule has 2 N–H and O–H groups in total. The lowest BCUT2D eigenvalue weighted by Crippen LogP contribution is -2.42. The molecule has 160 valence electrons. The van der Waals surface area contributed by atoms with Gasteiger partial charge in [-0.25, -0.2) is 4.39 Å². The Kier molecular flexibility index (Phi) is 6.29. The third-order valence-corrected chi connectivity index (χ3v) is 4.84. The Hall–Kier alpha value is -3.81. The number of anilines is 1. The summed E-state index contributed by atoms with van der Waals surface area (Å²) in [6.07, 6.45) is 0.792. The number of nitrogens with zero attached hydrogens (tertiary/aromatic N) is 2. The molecule has 0 aliphatic rings. The number of amides is 2. The van der Waals surface area contributed by atoms with Crippen molar-refractivity contribution in [2.45, 2.75) is 32.7 Å². The number of carbonyl (C=O) groups excluding carboxylic acids is 2. The highest BCUT2D eigenvalue weighted by atomic mass is 19.1. The predicted molar refractivity (Wildman–Crippen MR) is 116 cm³/mol. The number of hydrogen-bond acceptors (Lipinski definition) is 4. The molecule has 1 heterocycles. The van der Waals surface area contributed by atoms with Gasteiger partial charge in [0.05, 0.1) is 5.69 Å². The van der Waals surface area contributed by atoms with Gasteiger partial charge < -0.3 is 10.6 Å². The monoisotopic (exact) mass is 422 g/mol. The van der Waals surface area contributed by atoms with Gasteiger partial charge in [-0.2, -0.15) is 9.78 Å². The van der Waals surface area contributed by atoms with Gasteiger partial charge in [-0.1, -0.05) is 6.92 Å². The first kappa shape index (κ1) is 21.9. The summed E-state index contributed by atoms with van der Waals surface area (Å²) in [7, 11) is 0. The van der Waals surface area contributed by atoms with E-state index in [0.717, 1.165) is 11.1 Å². The number of benzene rings is 2. The normalized spacial score (nSPS) is 11.1. The fourth-order valence-electron chi connectivity index (χ4n) is 2.67. The van der Waals surface area contributed by atoms with Gasteiger partial charge in [0, 0.05) is 22.9 Å². The minimum absolute atomic E-state index is 0.00967. The molecule has 1 aromatic heterocycles. The van der Waals surface area contributed by atoms with Crippen molar-refractivity contribution < 1.29 is 14.0 Å². The van der Waals surface area contributed by atoms with Crippen LogP contribution in [0.4, 0.5) is 10.1 Å². The SMILES string of the molecule is CCC(C)(C)NC(=O)c1ccc(NC(=O)c2ccc(=O)n(-c3ccc(F)cc3)n2)cc1. The van der Waals surface area contributed by atoms with Crippen LogP contribution in [0.2, 0.25) is 0 Å². The van der Waals surface area contributed by atoms with Gasteiger partial charge in [0.2, 0.25) is 0 Å². The fourth-order valence-corrected chi connectivity index (χ4v) is 2.67. The van der Waals surface area contributed by atoms with E-state index < -0.39 is 17.3 Å². The van der Waals surface area contributed by atoms with Crippen LogP contribution in [-0.2, 0) is 0 Å². The number of hydrogen-bond donors (Lipinski definition) is 2. The number of halogens is 1. The molecule has 8 heteroatoms. The first-order chi connectivity index (χ1) is 14.7.